The second-order valence-electron chi connectivity index (χ2n) is 5.11. The second kappa shape index (κ2) is 5.29. The quantitative estimate of drug-likeness (QED) is 0.867. The fourth-order valence-electron chi connectivity index (χ4n) is 2.31. The number of benzene rings is 1. The van der Waals surface area contributed by atoms with E-state index < -0.39 is 5.60 Å². The van der Waals surface area contributed by atoms with Gasteiger partial charge >= 0.3 is 0 Å². The summed E-state index contributed by atoms with van der Waals surface area (Å²) >= 11 is 3.42. The molecule has 96 valence electrons. The van der Waals surface area contributed by atoms with Crippen LogP contribution in [-0.2, 0) is 0 Å². The van der Waals surface area contributed by atoms with Gasteiger partial charge in [0.2, 0.25) is 0 Å². The van der Waals surface area contributed by atoms with E-state index in [1.165, 1.54) is 0 Å². The molecular weight excluding hydrogens is 292 g/mol. The van der Waals surface area contributed by atoms with Gasteiger partial charge in [-0.2, -0.15) is 5.26 Å². The van der Waals surface area contributed by atoms with Crippen molar-refractivity contribution in [1.82, 2.24) is 0 Å². The largest absolute Gasteiger partial charge is 0.390 e. The first-order valence-corrected chi connectivity index (χ1v) is 6.98. The number of nitriles is 1. The maximum Gasteiger partial charge on any atom is 0.100 e. The predicted octanol–water partition coefficient (Wildman–Crippen LogP) is 3.06. The van der Waals surface area contributed by atoms with Gasteiger partial charge in [0.15, 0.2) is 0 Å². The van der Waals surface area contributed by atoms with E-state index in [0.717, 1.165) is 42.5 Å². The number of rotatable bonds is 1. The zero-order valence-corrected chi connectivity index (χ0v) is 12.1. The van der Waals surface area contributed by atoms with Crippen LogP contribution in [0, 0.1) is 11.3 Å². The number of halogens is 1. The average Bonchev–Trinajstić information content (AvgIpc) is 2.50. The molecule has 1 fully saturated rings. The minimum atomic E-state index is -0.543. The molecule has 1 aliphatic rings. The molecular formula is C14H17BrN2O. The third-order valence-electron chi connectivity index (χ3n) is 3.50. The third kappa shape index (κ3) is 3.04. The lowest BCUT2D eigenvalue weighted by atomic mass is 9.98. The van der Waals surface area contributed by atoms with E-state index in [4.69, 9.17) is 5.26 Å². The Hall–Kier alpha value is -1.05. The van der Waals surface area contributed by atoms with E-state index in [0.29, 0.717) is 5.56 Å². The van der Waals surface area contributed by atoms with Crippen molar-refractivity contribution in [2.24, 2.45) is 0 Å². The summed E-state index contributed by atoms with van der Waals surface area (Å²) in [6.45, 7) is 3.71. The van der Waals surface area contributed by atoms with E-state index in [1.54, 1.807) is 0 Å². The number of anilines is 1. The third-order valence-corrected chi connectivity index (χ3v) is 4.16. The monoisotopic (exact) mass is 308 g/mol. The average molecular weight is 309 g/mol. The maximum atomic E-state index is 10.1. The van der Waals surface area contributed by atoms with Gasteiger partial charge in [0.1, 0.15) is 6.07 Å². The van der Waals surface area contributed by atoms with E-state index >= 15 is 0 Å². The van der Waals surface area contributed by atoms with Crippen molar-refractivity contribution in [3.63, 3.8) is 0 Å². The van der Waals surface area contributed by atoms with Gasteiger partial charge in [0.25, 0.3) is 0 Å². The molecule has 18 heavy (non-hydrogen) atoms. The van der Waals surface area contributed by atoms with Crippen LogP contribution in [0.2, 0.25) is 0 Å². The highest BCUT2D eigenvalue weighted by molar-refractivity contribution is 9.10. The minimum absolute atomic E-state index is 0.543. The van der Waals surface area contributed by atoms with Crippen LogP contribution in [0.5, 0.6) is 0 Å². The normalized spacial score (nSPS) is 24.4. The molecule has 1 heterocycles. The van der Waals surface area contributed by atoms with E-state index in [9.17, 15) is 5.11 Å². The molecule has 0 spiro atoms. The van der Waals surface area contributed by atoms with Crippen molar-refractivity contribution in [2.75, 3.05) is 18.0 Å². The Kier molecular flexibility index (Phi) is 3.94. The Bertz CT molecular complexity index is 479. The summed E-state index contributed by atoms with van der Waals surface area (Å²) in [6, 6.07) is 7.94. The summed E-state index contributed by atoms with van der Waals surface area (Å²) in [4.78, 5) is 2.27. The maximum absolute atomic E-state index is 10.1. The summed E-state index contributed by atoms with van der Waals surface area (Å²) in [6.07, 6.45) is 2.62. The predicted molar refractivity (Wildman–Crippen MR) is 75.5 cm³/mol. The van der Waals surface area contributed by atoms with Gasteiger partial charge in [-0.15, -0.1) is 0 Å². The summed E-state index contributed by atoms with van der Waals surface area (Å²) < 4.78 is 0.832. The highest BCUT2D eigenvalue weighted by atomic mass is 79.9. The van der Waals surface area contributed by atoms with Crippen LogP contribution in [0.4, 0.5) is 5.69 Å². The van der Waals surface area contributed by atoms with Gasteiger partial charge in [0.05, 0.1) is 11.2 Å². The molecule has 1 unspecified atom stereocenters. The van der Waals surface area contributed by atoms with Crippen molar-refractivity contribution in [3.8, 4) is 6.07 Å². The zero-order chi connectivity index (χ0) is 13.2. The molecule has 2 rings (SSSR count). The Morgan fingerprint density at radius 3 is 2.83 bits per heavy atom. The molecule has 4 heteroatoms. The van der Waals surface area contributed by atoms with Crippen LogP contribution in [0.3, 0.4) is 0 Å². The van der Waals surface area contributed by atoms with Gasteiger partial charge in [-0.1, -0.05) is 0 Å². The SMILES string of the molecule is CC1(O)CCCN(c2ccc(C#N)c(Br)c2)CC1. The Balaban J connectivity index is 2.17. The zero-order valence-electron chi connectivity index (χ0n) is 10.5. The number of hydrogen-bond donors (Lipinski definition) is 1. The van der Waals surface area contributed by atoms with E-state index in [-0.39, 0.29) is 0 Å². The van der Waals surface area contributed by atoms with Crippen LogP contribution >= 0.6 is 15.9 Å². The van der Waals surface area contributed by atoms with Gasteiger partial charge in [0, 0.05) is 23.2 Å². The first kappa shape index (κ1) is 13.4. The first-order valence-electron chi connectivity index (χ1n) is 6.19. The molecule has 1 atom stereocenters. The molecule has 1 aromatic carbocycles. The Morgan fingerprint density at radius 2 is 2.17 bits per heavy atom. The lowest BCUT2D eigenvalue weighted by molar-refractivity contribution is 0.0481. The minimum Gasteiger partial charge on any atom is -0.390 e. The molecule has 1 N–H and O–H groups in total. The van der Waals surface area contributed by atoms with Crippen molar-refractivity contribution in [3.05, 3.63) is 28.2 Å². The first-order chi connectivity index (χ1) is 8.52. The molecule has 0 aromatic heterocycles. The van der Waals surface area contributed by atoms with Crippen LogP contribution in [0.25, 0.3) is 0 Å². The standard InChI is InChI=1S/C14H17BrN2O/c1-14(18)5-2-7-17(8-6-14)12-4-3-11(10-16)13(15)9-12/h3-4,9,18H,2,5-8H2,1H3. The van der Waals surface area contributed by atoms with E-state index in [2.05, 4.69) is 26.9 Å². The van der Waals surface area contributed by atoms with E-state index in [1.807, 2.05) is 25.1 Å². The second-order valence-corrected chi connectivity index (χ2v) is 5.97. The molecule has 0 saturated carbocycles. The lowest BCUT2D eigenvalue weighted by Gasteiger charge is -2.24. The highest BCUT2D eigenvalue weighted by Crippen LogP contribution is 2.28. The highest BCUT2D eigenvalue weighted by Gasteiger charge is 2.25. The van der Waals surface area contributed by atoms with Gasteiger partial charge in [-0.25, -0.2) is 0 Å². The molecule has 0 aliphatic carbocycles. The number of hydrogen-bond acceptors (Lipinski definition) is 3. The van der Waals surface area contributed by atoms with Crippen molar-refractivity contribution < 1.29 is 5.11 Å². The lowest BCUT2D eigenvalue weighted by Crippen LogP contribution is -2.28. The van der Waals surface area contributed by atoms with Gasteiger partial charge in [-0.3, -0.25) is 0 Å². The molecule has 1 saturated heterocycles. The molecule has 1 aromatic rings. The fourth-order valence-corrected chi connectivity index (χ4v) is 2.77. The fraction of sp³-hybridized carbons (Fsp3) is 0.500. The van der Waals surface area contributed by atoms with Crippen LogP contribution in [-0.4, -0.2) is 23.8 Å². The molecule has 3 nitrogen and oxygen atoms in total. The van der Waals surface area contributed by atoms with Crippen molar-refractivity contribution >= 4 is 21.6 Å². The summed E-state index contributed by atoms with van der Waals surface area (Å²) in [7, 11) is 0. The van der Waals surface area contributed by atoms with Gasteiger partial charge in [-0.05, 0) is 60.3 Å². The number of aliphatic hydroxyl groups is 1. The smallest absolute Gasteiger partial charge is 0.100 e. The van der Waals surface area contributed by atoms with Crippen LogP contribution < -0.4 is 4.90 Å². The molecule has 1 aliphatic heterocycles. The van der Waals surface area contributed by atoms with Crippen LogP contribution in [0.1, 0.15) is 31.7 Å². The van der Waals surface area contributed by atoms with Crippen molar-refractivity contribution in [2.45, 2.75) is 31.8 Å². The molecule has 0 bridgehead atoms. The summed E-state index contributed by atoms with van der Waals surface area (Å²) in [5.74, 6) is 0. The topological polar surface area (TPSA) is 47.3 Å². The Morgan fingerprint density at radius 1 is 1.39 bits per heavy atom. The number of nitrogens with zero attached hydrogens (tertiary/aromatic N) is 2. The van der Waals surface area contributed by atoms with Crippen LogP contribution in [0.15, 0.2) is 22.7 Å². The molecule has 0 radical (unpaired) electrons. The van der Waals surface area contributed by atoms with Gasteiger partial charge < -0.3 is 10.0 Å². The summed E-state index contributed by atoms with van der Waals surface area (Å²) in [5, 5.41) is 19.0. The summed E-state index contributed by atoms with van der Waals surface area (Å²) in [5.41, 5.74) is 1.22. The Labute approximate surface area is 116 Å². The van der Waals surface area contributed by atoms with Crippen molar-refractivity contribution in [1.29, 1.82) is 5.26 Å². The molecule has 0 amide bonds.